The van der Waals surface area contributed by atoms with Crippen LogP contribution >= 0.6 is 11.3 Å². The molecule has 1 fully saturated rings. The van der Waals surface area contributed by atoms with E-state index in [2.05, 4.69) is 16.4 Å². The van der Waals surface area contributed by atoms with Gasteiger partial charge in [0.1, 0.15) is 0 Å². The summed E-state index contributed by atoms with van der Waals surface area (Å²) in [6.45, 7) is 1.71. The molecule has 1 radical (unpaired) electrons. The molecular formula is C12H14N3OS. The molecule has 5 heteroatoms. The smallest absolute Gasteiger partial charge is 0.183 e. The maximum absolute atomic E-state index is 5.71. The zero-order valence-corrected chi connectivity index (χ0v) is 10.2. The molecule has 0 bridgehead atoms. The Labute approximate surface area is 104 Å². The minimum absolute atomic E-state index is 0.330. The van der Waals surface area contributed by atoms with E-state index in [1.165, 1.54) is 0 Å². The van der Waals surface area contributed by atoms with Crippen LogP contribution in [0.15, 0.2) is 12.1 Å². The summed E-state index contributed by atoms with van der Waals surface area (Å²) in [4.78, 5) is 4.46. The summed E-state index contributed by atoms with van der Waals surface area (Å²) in [5, 5.41) is 4.23. The monoisotopic (exact) mass is 248 g/mol. The molecule has 89 valence electrons. The van der Waals surface area contributed by atoms with E-state index in [1.807, 2.05) is 6.07 Å². The first-order chi connectivity index (χ1) is 8.31. The molecule has 0 aliphatic carbocycles. The first kappa shape index (κ1) is 10.8. The highest BCUT2D eigenvalue weighted by Gasteiger charge is 2.15. The van der Waals surface area contributed by atoms with E-state index in [9.17, 15) is 0 Å². The van der Waals surface area contributed by atoms with E-state index < -0.39 is 0 Å². The molecule has 0 amide bonds. The van der Waals surface area contributed by atoms with E-state index in [0.29, 0.717) is 6.10 Å². The lowest BCUT2D eigenvalue weighted by Crippen LogP contribution is -2.18. The Morgan fingerprint density at radius 3 is 3.41 bits per heavy atom. The fraction of sp³-hybridized carbons (Fsp3) is 0.417. The zero-order chi connectivity index (χ0) is 11.7. The maximum Gasteiger partial charge on any atom is 0.183 e. The fourth-order valence-corrected chi connectivity index (χ4v) is 2.86. The number of benzene rings is 1. The van der Waals surface area contributed by atoms with Gasteiger partial charge in [-0.05, 0) is 25.0 Å². The van der Waals surface area contributed by atoms with Crippen molar-refractivity contribution in [2.75, 3.05) is 24.2 Å². The van der Waals surface area contributed by atoms with E-state index in [1.54, 1.807) is 17.4 Å². The van der Waals surface area contributed by atoms with Crippen LogP contribution in [0.25, 0.3) is 10.2 Å². The van der Waals surface area contributed by atoms with Gasteiger partial charge < -0.3 is 15.8 Å². The molecule has 17 heavy (non-hydrogen) atoms. The normalized spacial score (nSPS) is 19.9. The number of ether oxygens (including phenoxy) is 1. The standard InChI is InChI=1S/C12H14N3OS/c13-8-3-4-10-11(6-8)17-12(15-10)14-7-9-2-1-5-16-9/h3,6,9H,1-2,5,7,13H2,(H,14,15). The maximum atomic E-state index is 5.71. The largest absolute Gasteiger partial charge is 0.399 e. The Bertz CT molecular complexity index is 519. The summed E-state index contributed by atoms with van der Waals surface area (Å²) >= 11 is 1.61. The van der Waals surface area contributed by atoms with E-state index in [-0.39, 0.29) is 0 Å². The van der Waals surface area contributed by atoms with Crippen molar-refractivity contribution < 1.29 is 4.74 Å². The van der Waals surface area contributed by atoms with Crippen LogP contribution in [0, 0.1) is 6.07 Å². The van der Waals surface area contributed by atoms with Crippen molar-refractivity contribution in [2.24, 2.45) is 0 Å². The number of hydrogen-bond acceptors (Lipinski definition) is 5. The molecule has 2 heterocycles. The average Bonchev–Trinajstić information content (AvgIpc) is 2.94. The van der Waals surface area contributed by atoms with Crippen molar-refractivity contribution in [3.05, 3.63) is 18.2 Å². The molecular weight excluding hydrogens is 234 g/mol. The van der Waals surface area contributed by atoms with Gasteiger partial charge in [0.15, 0.2) is 5.13 Å². The van der Waals surface area contributed by atoms with Crippen LogP contribution in [-0.4, -0.2) is 24.2 Å². The third-order valence-corrected chi connectivity index (χ3v) is 3.79. The highest BCUT2D eigenvalue weighted by molar-refractivity contribution is 7.22. The van der Waals surface area contributed by atoms with Gasteiger partial charge in [-0.25, -0.2) is 4.98 Å². The number of fused-ring (bicyclic) bond motifs is 1. The highest BCUT2D eigenvalue weighted by atomic mass is 32.1. The van der Waals surface area contributed by atoms with Crippen molar-refractivity contribution in [1.82, 2.24) is 4.98 Å². The molecule has 1 aliphatic rings. The number of nitrogens with two attached hydrogens (primary N) is 1. The predicted molar refractivity (Wildman–Crippen MR) is 70.3 cm³/mol. The van der Waals surface area contributed by atoms with Crippen molar-refractivity contribution in [2.45, 2.75) is 18.9 Å². The Balaban J connectivity index is 1.72. The van der Waals surface area contributed by atoms with Gasteiger partial charge in [0.2, 0.25) is 0 Å². The molecule has 1 aliphatic heterocycles. The molecule has 3 rings (SSSR count). The molecule has 1 aromatic heterocycles. The van der Waals surface area contributed by atoms with Gasteiger partial charge in [-0.3, -0.25) is 0 Å². The molecule has 0 saturated carbocycles. The molecule has 1 unspecified atom stereocenters. The minimum Gasteiger partial charge on any atom is -0.399 e. The van der Waals surface area contributed by atoms with Crippen molar-refractivity contribution in [3.63, 3.8) is 0 Å². The zero-order valence-electron chi connectivity index (χ0n) is 9.40. The molecule has 4 nitrogen and oxygen atoms in total. The number of aromatic nitrogens is 1. The number of nitrogen functional groups attached to an aromatic ring is 1. The second-order valence-corrected chi connectivity index (χ2v) is 5.21. The second-order valence-electron chi connectivity index (χ2n) is 4.18. The summed E-state index contributed by atoms with van der Waals surface area (Å²) in [7, 11) is 0. The summed E-state index contributed by atoms with van der Waals surface area (Å²) in [6.07, 6.45) is 2.63. The molecule has 1 aromatic carbocycles. The molecule has 0 spiro atoms. The van der Waals surface area contributed by atoms with Gasteiger partial charge >= 0.3 is 0 Å². The number of nitrogens with one attached hydrogen (secondary N) is 1. The molecule has 1 atom stereocenters. The van der Waals surface area contributed by atoms with E-state index in [4.69, 9.17) is 10.5 Å². The number of nitrogens with zero attached hydrogens (tertiary/aromatic N) is 1. The topological polar surface area (TPSA) is 60.2 Å². The van der Waals surface area contributed by atoms with Gasteiger partial charge in [0.25, 0.3) is 0 Å². The second kappa shape index (κ2) is 4.50. The highest BCUT2D eigenvalue weighted by Crippen LogP contribution is 2.27. The van der Waals surface area contributed by atoms with Crippen LogP contribution in [0.3, 0.4) is 0 Å². The third-order valence-electron chi connectivity index (χ3n) is 2.83. The Hall–Kier alpha value is -1.33. The SMILES string of the molecule is Nc1c[c]c2nc(NCC3CCCO3)sc2c1. The molecule has 3 N–H and O–H groups in total. The summed E-state index contributed by atoms with van der Waals surface area (Å²) < 4.78 is 6.62. The summed E-state index contributed by atoms with van der Waals surface area (Å²) in [5.74, 6) is 0. The molecule has 2 aromatic rings. The van der Waals surface area contributed by atoms with Crippen LogP contribution in [0.4, 0.5) is 10.8 Å². The van der Waals surface area contributed by atoms with Crippen molar-refractivity contribution >= 4 is 32.4 Å². The average molecular weight is 248 g/mol. The predicted octanol–water partition coefficient (Wildman–Crippen LogP) is 2.27. The Morgan fingerprint density at radius 1 is 1.65 bits per heavy atom. The number of hydrogen-bond donors (Lipinski definition) is 2. The van der Waals surface area contributed by atoms with Crippen molar-refractivity contribution in [1.29, 1.82) is 0 Å². The lowest BCUT2D eigenvalue weighted by molar-refractivity contribution is 0.120. The minimum atomic E-state index is 0.330. The van der Waals surface area contributed by atoms with Gasteiger partial charge in [0, 0.05) is 24.9 Å². The Kier molecular flexibility index (Phi) is 2.86. The number of anilines is 2. The van der Waals surface area contributed by atoms with Crippen LogP contribution < -0.4 is 11.1 Å². The van der Waals surface area contributed by atoms with Gasteiger partial charge in [-0.2, -0.15) is 0 Å². The third kappa shape index (κ3) is 2.35. The lowest BCUT2D eigenvalue weighted by atomic mass is 10.2. The summed E-state index contributed by atoms with van der Waals surface area (Å²) in [6, 6.07) is 6.76. The van der Waals surface area contributed by atoms with Crippen LogP contribution in [0.5, 0.6) is 0 Å². The quantitative estimate of drug-likeness (QED) is 0.818. The van der Waals surface area contributed by atoms with Gasteiger partial charge in [0.05, 0.1) is 16.3 Å². The van der Waals surface area contributed by atoms with Crippen molar-refractivity contribution in [3.8, 4) is 0 Å². The summed E-state index contributed by atoms with van der Waals surface area (Å²) in [5.41, 5.74) is 7.32. The fourth-order valence-electron chi connectivity index (χ4n) is 1.96. The Morgan fingerprint density at radius 2 is 2.59 bits per heavy atom. The van der Waals surface area contributed by atoms with Gasteiger partial charge in [-0.1, -0.05) is 11.3 Å². The van der Waals surface area contributed by atoms with Crippen LogP contribution in [-0.2, 0) is 4.74 Å². The molecule has 1 saturated heterocycles. The lowest BCUT2D eigenvalue weighted by Gasteiger charge is -2.08. The first-order valence-electron chi connectivity index (χ1n) is 5.74. The van der Waals surface area contributed by atoms with E-state index in [0.717, 1.165) is 47.0 Å². The van der Waals surface area contributed by atoms with Gasteiger partial charge in [-0.15, -0.1) is 0 Å². The number of thiazole rings is 1. The van der Waals surface area contributed by atoms with E-state index >= 15 is 0 Å². The van der Waals surface area contributed by atoms with Crippen LogP contribution in [0.1, 0.15) is 12.8 Å². The number of rotatable bonds is 3. The first-order valence-corrected chi connectivity index (χ1v) is 6.56. The van der Waals surface area contributed by atoms with Crippen LogP contribution in [0.2, 0.25) is 0 Å².